The van der Waals surface area contributed by atoms with Gasteiger partial charge < -0.3 is 14.6 Å². The van der Waals surface area contributed by atoms with Crippen molar-refractivity contribution in [1.82, 2.24) is 14.9 Å². The number of carbonyl (C=O) groups is 1. The normalized spacial score (nSPS) is 10.2. The van der Waals surface area contributed by atoms with Crippen LogP contribution in [0, 0.1) is 0 Å². The van der Waals surface area contributed by atoms with Gasteiger partial charge in [0.1, 0.15) is 11.4 Å². The van der Waals surface area contributed by atoms with E-state index in [-0.39, 0.29) is 5.91 Å². The third-order valence-corrected chi connectivity index (χ3v) is 2.91. The molecule has 2 rings (SSSR count). The summed E-state index contributed by atoms with van der Waals surface area (Å²) in [6.45, 7) is 0.594. The van der Waals surface area contributed by atoms with Crippen molar-refractivity contribution in [1.29, 1.82) is 0 Å². The Hall–Kier alpha value is -2.30. The number of benzene rings is 1. The SMILES string of the molecule is COc1ccc(CCNC(=O)c2cncn2C)cc1. The lowest BCUT2D eigenvalue weighted by Gasteiger charge is -2.06. The van der Waals surface area contributed by atoms with Gasteiger partial charge in [0.05, 0.1) is 19.6 Å². The second-order valence-corrected chi connectivity index (χ2v) is 4.24. The maximum Gasteiger partial charge on any atom is 0.269 e. The van der Waals surface area contributed by atoms with Crippen molar-refractivity contribution in [2.24, 2.45) is 7.05 Å². The van der Waals surface area contributed by atoms with Crippen molar-refractivity contribution >= 4 is 5.91 Å². The predicted octanol–water partition coefficient (Wildman–Crippen LogP) is 1.40. The molecule has 0 atom stereocenters. The fraction of sp³-hybridized carbons (Fsp3) is 0.286. The Kier molecular flexibility index (Phi) is 4.18. The van der Waals surface area contributed by atoms with Crippen LogP contribution in [0.25, 0.3) is 0 Å². The van der Waals surface area contributed by atoms with E-state index in [2.05, 4.69) is 10.3 Å². The molecule has 19 heavy (non-hydrogen) atoms. The average molecular weight is 259 g/mol. The predicted molar refractivity (Wildman–Crippen MR) is 72.2 cm³/mol. The van der Waals surface area contributed by atoms with Crippen LogP contribution in [0.4, 0.5) is 0 Å². The number of nitrogens with zero attached hydrogens (tertiary/aromatic N) is 2. The summed E-state index contributed by atoms with van der Waals surface area (Å²) in [7, 11) is 3.44. The van der Waals surface area contributed by atoms with Crippen molar-refractivity contribution in [2.45, 2.75) is 6.42 Å². The first-order chi connectivity index (χ1) is 9.20. The molecule has 0 fully saturated rings. The van der Waals surface area contributed by atoms with E-state index in [0.29, 0.717) is 12.2 Å². The van der Waals surface area contributed by atoms with Crippen LogP contribution in [0.2, 0.25) is 0 Å². The first-order valence-corrected chi connectivity index (χ1v) is 6.08. The van der Waals surface area contributed by atoms with Gasteiger partial charge in [-0.15, -0.1) is 0 Å². The molecule has 0 unspecified atom stereocenters. The second-order valence-electron chi connectivity index (χ2n) is 4.24. The van der Waals surface area contributed by atoms with E-state index in [9.17, 15) is 4.79 Å². The summed E-state index contributed by atoms with van der Waals surface area (Å²) in [6.07, 6.45) is 3.95. The number of carbonyl (C=O) groups excluding carboxylic acids is 1. The summed E-state index contributed by atoms with van der Waals surface area (Å²) in [5.41, 5.74) is 1.72. The van der Waals surface area contributed by atoms with E-state index in [1.54, 1.807) is 31.2 Å². The van der Waals surface area contributed by atoms with Gasteiger partial charge in [-0.1, -0.05) is 12.1 Å². The van der Waals surface area contributed by atoms with Crippen molar-refractivity contribution in [2.75, 3.05) is 13.7 Å². The molecule has 100 valence electrons. The van der Waals surface area contributed by atoms with Crippen LogP contribution in [0.15, 0.2) is 36.8 Å². The quantitative estimate of drug-likeness (QED) is 0.883. The summed E-state index contributed by atoms with van der Waals surface area (Å²) < 4.78 is 6.79. The summed E-state index contributed by atoms with van der Waals surface area (Å²) in [6, 6.07) is 7.82. The molecule has 1 aromatic carbocycles. The fourth-order valence-corrected chi connectivity index (χ4v) is 1.78. The summed E-state index contributed by atoms with van der Waals surface area (Å²) in [5, 5.41) is 2.87. The minimum Gasteiger partial charge on any atom is -0.497 e. The van der Waals surface area contributed by atoms with E-state index in [0.717, 1.165) is 17.7 Å². The molecule has 0 saturated heterocycles. The van der Waals surface area contributed by atoms with Crippen LogP contribution in [0.5, 0.6) is 5.75 Å². The number of ether oxygens (including phenoxy) is 1. The third kappa shape index (κ3) is 3.34. The summed E-state index contributed by atoms with van der Waals surface area (Å²) in [4.78, 5) is 15.7. The molecule has 0 spiro atoms. The average Bonchev–Trinajstić information content (AvgIpc) is 2.86. The van der Waals surface area contributed by atoms with Crippen LogP contribution in [-0.4, -0.2) is 29.1 Å². The number of imidazole rings is 1. The lowest BCUT2D eigenvalue weighted by molar-refractivity contribution is 0.0946. The standard InChI is InChI=1S/C14H17N3O2/c1-17-10-15-9-13(17)14(18)16-8-7-11-3-5-12(19-2)6-4-11/h3-6,9-10H,7-8H2,1-2H3,(H,16,18). The molecule has 0 saturated carbocycles. The van der Waals surface area contributed by atoms with E-state index in [4.69, 9.17) is 4.74 Å². The minimum atomic E-state index is -0.103. The van der Waals surface area contributed by atoms with Gasteiger partial charge in [-0.3, -0.25) is 4.79 Å². The molecule has 1 heterocycles. The molecule has 0 aliphatic carbocycles. The van der Waals surface area contributed by atoms with Crippen molar-refractivity contribution in [3.05, 3.63) is 48.0 Å². The van der Waals surface area contributed by atoms with Crippen LogP contribution in [-0.2, 0) is 13.5 Å². The molecule has 5 heteroatoms. The van der Waals surface area contributed by atoms with E-state index < -0.39 is 0 Å². The lowest BCUT2D eigenvalue weighted by atomic mass is 10.1. The number of amides is 1. The molecule has 0 aliphatic heterocycles. The van der Waals surface area contributed by atoms with Gasteiger partial charge >= 0.3 is 0 Å². The summed E-state index contributed by atoms with van der Waals surface area (Å²) >= 11 is 0. The van der Waals surface area contributed by atoms with E-state index in [1.807, 2.05) is 24.3 Å². The largest absolute Gasteiger partial charge is 0.497 e. The van der Waals surface area contributed by atoms with Crippen LogP contribution >= 0.6 is 0 Å². The minimum absolute atomic E-state index is 0.103. The number of rotatable bonds is 5. The van der Waals surface area contributed by atoms with Gasteiger partial charge in [0.15, 0.2) is 0 Å². The molecule has 2 aromatic rings. The maximum atomic E-state index is 11.8. The van der Waals surface area contributed by atoms with Crippen LogP contribution in [0.1, 0.15) is 16.1 Å². The molecule has 1 aromatic heterocycles. The topological polar surface area (TPSA) is 56.1 Å². The van der Waals surface area contributed by atoms with Crippen molar-refractivity contribution in [3.63, 3.8) is 0 Å². The number of hydrogen-bond donors (Lipinski definition) is 1. The Labute approximate surface area is 112 Å². The van der Waals surface area contributed by atoms with Gasteiger partial charge in [-0.2, -0.15) is 0 Å². The molecule has 0 radical (unpaired) electrons. The van der Waals surface area contributed by atoms with Gasteiger partial charge in [-0.05, 0) is 24.1 Å². The molecule has 1 amide bonds. The van der Waals surface area contributed by atoms with E-state index >= 15 is 0 Å². The first kappa shape index (κ1) is 13.1. The highest BCUT2D eigenvalue weighted by Crippen LogP contribution is 2.11. The Balaban J connectivity index is 1.83. The highest BCUT2D eigenvalue weighted by molar-refractivity contribution is 5.92. The lowest BCUT2D eigenvalue weighted by Crippen LogP contribution is -2.27. The smallest absolute Gasteiger partial charge is 0.269 e. The molecular weight excluding hydrogens is 242 g/mol. The highest BCUT2D eigenvalue weighted by Gasteiger charge is 2.08. The number of aryl methyl sites for hydroxylation is 1. The maximum absolute atomic E-state index is 11.8. The van der Waals surface area contributed by atoms with Crippen LogP contribution in [0.3, 0.4) is 0 Å². The molecular formula is C14H17N3O2. The zero-order valence-electron chi connectivity index (χ0n) is 11.1. The molecule has 1 N–H and O–H groups in total. The Morgan fingerprint density at radius 1 is 1.37 bits per heavy atom. The summed E-state index contributed by atoms with van der Waals surface area (Å²) in [5.74, 6) is 0.733. The number of aromatic nitrogens is 2. The zero-order valence-corrected chi connectivity index (χ0v) is 11.1. The van der Waals surface area contributed by atoms with Crippen molar-refractivity contribution in [3.8, 4) is 5.75 Å². The van der Waals surface area contributed by atoms with E-state index in [1.165, 1.54) is 0 Å². The molecule has 5 nitrogen and oxygen atoms in total. The number of nitrogens with one attached hydrogen (secondary N) is 1. The monoisotopic (exact) mass is 259 g/mol. The number of methoxy groups -OCH3 is 1. The van der Waals surface area contributed by atoms with Gasteiger partial charge in [0, 0.05) is 13.6 Å². The Bertz CT molecular complexity index is 546. The van der Waals surface area contributed by atoms with Gasteiger partial charge in [0.25, 0.3) is 5.91 Å². The molecule has 0 aliphatic rings. The van der Waals surface area contributed by atoms with Gasteiger partial charge in [-0.25, -0.2) is 4.98 Å². The first-order valence-electron chi connectivity index (χ1n) is 6.08. The molecule has 0 bridgehead atoms. The number of hydrogen-bond acceptors (Lipinski definition) is 3. The Morgan fingerprint density at radius 3 is 2.68 bits per heavy atom. The third-order valence-electron chi connectivity index (χ3n) is 2.91. The van der Waals surface area contributed by atoms with Crippen LogP contribution < -0.4 is 10.1 Å². The van der Waals surface area contributed by atoms with Crippen molar-refractivity contribution < 1.29 is 9.53 Å². The van der Waals surface area contributed by atoms with Gasteiger partial charge in [0.2, 0.25) is 0 Å². The zero-order chi connectivity index (χ0) is 13.7. The highest BCUT2D eigenvalue weighted by atomic mass is 16.5. The Morgan fingerprint density at radius 2 is 2.11 bits per heavy atom. The second kappa shape index (κ2) is 6.04. The fourth-order valence-electron chi connectivity index (χ4n) is 1.78.